The van der Waals surface area contributed by atoms with Gasteiger partial charge in [0.25, 0.3) is 0 Å². The number of aromatic nitrogens is 1. The van der Waals surface area contributed by atoms with Gasteiger partial charge in [-0.25, -0.2) is 8.42 Å². The molecule has 0 bridgehead atoms. The fourth-order valence-corrected chi connectivity index (χ4v) is 4.25. The van der Waals surface area contributed by atoms with Crippen LogP contribution in [0.3, 0.4) is 0 Å². The third-order valence-electron chi connectivity index (χ3n) is 4.17. The van der Waals surface area contributed by atoms with E-state index < -0.39 is 9.84 Å². The lowest BCUT2D eigenvalue weighted by Crippen LogP contribution is -2.06. The molecule has 0 atom stereocenters. The molecule has 0 spiro atoms. The number of fused-ring (bicyclic) bond motifs is 1. The summed E-state index contributed by atoms with van der Waals surface area (Å²) in [5.41, 5.74) is 8.39. The number of sulfone groups is 1. The quantitative estimate of drug-likeness (QED) is 0.787. The molecule has 3 rings (SSSR count). The van der Waals surface area contributed by atoms with E-state index in [9.17, 15) is 8.42 Å². The van der Waals surface area contributed by atoms with E-state index in [4.69, 9.17) is 5.73 Å². The highest BCUT2D eigenvalue weighted by Crippen LogP contribution is 2.33. The van der Waals surface area contributed by atoms with Gasteiger partial charge in [-0.05, 0) is 32.0 Å². The number of rotatable bonds is 4. The Hall–Kier alpha value is -2.53. The summed E-state index contributed by atoms with van der Waals surface area (Å²) in [6.45, 7) is 4.70. The number of nitrogens with zero attached hydrogens (tertiary/aromatic N) is 1. The van der Waals surface area contributed by atoms with Crippen LogP contribution in [0.15, 0.2) is 65.8 Å². The van der Waals surface area contributed by atoms with Crippen molar-refractivity contribution in [3.05, 3.63) is 72.1 Å². The number of benzene rings is 2. The van der Waals surface area contributed by atoms with Crippen molar-refractivity contribution in [2.75, 3.05) is 0 Å². The van der Waals surface area contributed by atoms with E-state index in [0.29, 0.717) is 5.56 Å². The Kier molecular flexibility index (Phi) is 4.20. The summed E-state index contributed by atoms with van der Waals surface area (Å²) in [7, 11) is -3.68. The SMILES string of the molecule is CCn1cc(/C(=C\N)S(=O)(=O)c2ccc(C)cc2)c2ccccc21. The van der Waals surface area contributed by atoms with Crippen LogP contribution in [0.4, 0.5) is 0 Å². The minimum Gasteiger partial charge on any atom is -0.404 e. The van der Waals surface area contributed by atoms with Gasteiger partial charge >= 0.3 is 0 Å². The van der Waals surface area contributed by atoms with E-state index in [1.165, 1.54) is 6.20 Å². The average Bonchev–Trinajstić information content (AvgIpc) is 2.94. The molecule has 0 unspecified atom stereocenters. The van der Waals surface area contributed by atoms with Crippen LogP contribution in [0.2, 0.25) is 0 Å². The molecule has 0 fully saturated rings. The Balaban J connectivity index is 2.22. The number of hydrogen-bond acceptors (Lipinski definition) is 3. The van der Waals surface area contributed by atoms with Crippen molar-refractivity contribution in [2.24, 2.45) is 5.73 Å². The van der Waals surface area contributed by atoms with E-state index in [-0.39, 0.29) is 9.80 Å². The first-order chi connectivity index (χ1) is 11.5. The first-order valence-electron chi connectivity index (χ1n) is 7.81. The molecule has 2 aromatic carbocycles. The zero-order valence-corrected chi connectivity index (χ0v) is 14.5. The molecule has 1 heterocycles. The minimum atomic E-state index is -3.68. The van der Waals surface area contributed by atoms with E-state index >= 15 is 0 Å². The summed E-state index contributed by atoms with van der Waals surface area (Å²) >= 11 is 0. The summed E-state index contributed by atoms with van der Waals surface area (Å²) in [4.78, 5) is 0.382. The predicted molar refractivity (Wildman–Crippen MR) is 98.1 cm³/mol. The van der Waals surface area contributed by atoms with Gasteiger partial charge in [0, 0.05) is 35.4 Å². The highest BCUT2D eigenvalue weighted by molar-refractivity contribution is 8.00. The van der Waals surface area contributed by atoms with Gasteiger partial charge in [0.1, 0.15) is 0 Å². The largest absolute Gasteiger partial charge is 0.404 e. The van der Waals surface area contributed by atoms with E-state index in [1.807, 2.05) is 48.9 Å². The van der Waals surface area contributed by atoms with Crippen molar-refractivity contribution in [3.8, 4) is 0 Å². The molecule has 24 heavy (non-hydrogen) atoms. The molecule has 0 aliphatic carbocycles. The number of aryl methyl sites for hydroxylation is 2. The lowest BCUT2D eigenvalue weighted by molar-refractivity contribution is 0.606. The number of nitrogens with two attached hydrogens (primary N) is 1. The molecule has 0 aliphatic rings. The predicted octanol–water partition coefficient (Wildman–Crippen LogP) is 3.70. The second kappa shape index (κ2) is 6.17. The van der Waals surface area contributed by atoms with Crippen LogP contribution in [-0.2, 0) is 16.4 Å². The Bertz CT molecular complexity index is 1010. The Morgan fingerprint density at radius 2 is 1.79 bits per heavy atom. The topological polar surface area (TPSA) is 65.1 Å². The van der Waals surface area contributed by atoms with Gasteiger partial charge in [0.2, 0.25) is 9.84 Å². The lowest BCUT2D eigenvalue weighted by atomic mass is 10.2. The molecule has 4 nitrogen and oxygen atoms in total. The molecule has 5 heteroatoms. The first kappa shape index (κ1) is 16.3. The van der Waals surface area contributed by atoms with Crippen molar-refractivity contribution >= 4 is 25.6 Å². The van der Waals surface area contributed by atoms with Crippen LogP contribution in [0.1, 0.15) is 18.1 Å². The number of para-hydroxylation sites is 1. The fourth-order valence-electron chi connectivity index (χ4n) is 2.87. The van der Waals surface area contributed by atoms with Gasteiger partial charge in [-0.1, -0.05) is 35.9 Å². The van der Waals surface area contributed by atoms with Crippen molar-refractivity contribution < 1.29 is 8.42 Å². The Morgan fingerprint density at radius 3 is 2.42 bits per heavy atom. The second-order valence-electron chi connectivity index (χ2n) is 5.69. The van der Waals surface area contributed by atoms with Crippen LogP contribution >= 0.6 is 0 Å². The van der Waals surface area contributed by atoms with Crippen molar-refractivity contribution in [1.29, 1.82) is 0 Å². The average molecular weight is 340 g/mol. The maximum atomic E-state index is 13.1. The molecule has 3 aromatic rings. The summed E-state index contributed by atoms with van der Waals surface area (Å²) in [5, 5.41) is 0.881. The lowest BCUT2D eigenvalue weighted by Gasteiger charge is -2.08. The maximum Gasteiger partial charge on any atom is 0.208 e. The van der Waals surface area contributed by atoms with Gasteiger partial charge in [-0.3, -0.25) is 0 Å². The molecule has 124 valence electrons. The zero-order chi connectivity index (χ0) is 17.3. The Morgan fingerprint density at radius 1 is 1.12 bits per heavy atom. The Labute approximate surface area is 142 Å². The molecular formula is C19H20N2O2S. The number of hydrogen-bond donors (Lipinski definition) is 1. The summed E-state index contributed by atoms with van der Waals surface area (Å²) in [5.74, 6) is 0. The molecular weight excluding hydrogens is 320 g/mol. The van der Waals surface area contributed by atoms with E-state index in [2.05, 4.69) is 0 Å². The minimum absolute atomic E-state index is 0.134. The first-order valence-corrected chi connectivity index (χ1v) is 9.29. The van der Waals surface area contributed by atoms with Gasteiger partial charge in [0.15, 0.2) is 0 Å². The highest BCUT2D eigenvalue weighted by Gasteiger charge is 2.25. The second-order valence-corrected chi connectivity index (χ2v) is 7.61. The van der Waals surface area contributed by atoms with Crippen LogP contribution in [0, 0.1) is 6.92 Å². The third kappa shape index (κ3) is 2.61. The third-order valence-corrected chi connectivity index (χ3v) is 5.99. The molecule has 2 N–H and O–H groups in total. The van der Waals surface area contributed by atoms with Crippen molar-refractivity contribution in [2.45, 2.75) is 25.3 Å². The standard InChI is InChI=1S/C19H20N2O2S/c1-3-21-13-17(16-6-4-5-7-18(16)21)19(12-20)24(22,23)15-10-8-14(2)9-11-15/h4-13H,3,20H2,1-2H3/b19-12+. The van der Waals surface area contributed by atoms with Crippen LogP contribution in [-0.4, -0.2) is 13.0 Å². The van der Waals surface area contributed by atoms with Gasteiger partial charge in [0.05, 0.1) is 9.80 Å². The summed E-state index contributed by atoms with van der Waals surface area (Å²) in [6, 6.07) is 14.6. The van der Waals surface area contributed by atoms with E-state index in [1.54, 1.807) is 24.3 Å². The van der Waals surface area contributed by atoms with Gasteiger partial charge < -0.3 is 10.3 Å². The molecule has 0 saturated carbocycles. The van der Waals surface area contributed by atoms with Crippen molar-refractivity contribution in [3.63, 3.8) is 0 Å². The molecule has 0 radical (unpaired) electrons. The van der Waals surface area contributed by atoms with Crippen LogP contribution in [0.5, 0.6) is 0 Å². The van der Waals surface area contributed by atoms with Gasteiger partial charge in [-0.2, -0.15) is 0 Å². The molecule has 0 aliphatic heterocycles. The monoisotopic (exact) mass is 340 g/mol. The molecule has 0 amide bonds. The summed E-state index contributed by atoms with van der Waals surface area (Å²) < 4.78 is 28.1. The highest BCUT2D eigenvalue weighted by atomic mass is 32.2. The van der Waals surface area contributed by atoms with Gasteiger partial charge in [-0.15, -0.1) is 0 Å². The van der Waals surface area contributed by atoms with E-state index in [0.717, 1.165) is 23.0 Å². The molecule has 1 aromatic heterocycles. The summed E-state index contributed by atoms with van der Waals surface area (Å²) in [6.07, 6.45) is 3.05. The fraction of sp³-hybridized carbons (Fsp3) is 0.158. The zero-order valence-electron chi connectivity index (χ0n) is 13.7. The molecule has 0 saturated heterocycles. The normalized spacial score (nSPS) is 12.7. The van der Waals surface area contributed by atoms with Crippen LogP contribution in [0.25, 0.3) is 15.8 Å². The maximum absolute atomic E-state index is 13.1. The van der Waals surface area contributed by atoms with Crippen molar-refractivity contribution in [1.82, 2.24) is 4.57 Å². The smallest absolute Gasteiger partial charge is 0.208 e. The van der Waals surface area contributed by atoms with Crippen LogP contribution < -0.4 is 5.73 Å².